The second-order valence-corrected chi connectivity index (χ2v) is 10.7. The Labute approximate surface area is 206 Å². The van der Waals surface area contributed by atoms with Crippen molar-refractivity contribution in [3.8, 4) is 11.5 Å². The van der Waals surface area contributed by atoms with Crippen molar-refractivity contribution in [3.05, 3.63) is 23.3 Å². The van der Waals surface area contributed by atoms with Gasteiger partial charge in [0.2, 0.25) is 0 Å². The van der Waals surface area contributed by atoms with Gasteiger partial charge in [-0.2, -0.15) is 13.2 Å². The number of halogens is 3. The summed E-state index contributed by atoms with van der Waals surface area (Å²) in [6, 6.07) is 3.54. The maximum Gasteiger partial charge on any atom is 0.422 e. The van der Waals surface area contributed by atoms with Crippen LogP contribution in [0.15, 0.2) is 12.1 Å². The molecule has 0 bridgehead atoms. The van der Waals surface area contributed by atoms with Gasteiger partial charge in [0.05, 0.1) is 25.4 Å². The Kier molecular flexibility index (Phi) is 8.76. The summed E-state index contributed by atoms with van der Waals surface area (Å²) >= 11 is 0. The first-order chi connectivity index (χ1) is 16.4. The van der Waals surface area contributed by atoms with Crippen molar-refractivity contribution in [1.29, 1.82) is 0 Å². The number of piperidine rings is 1. The normalized spacial score (nSPS) is 24.6. The number of methoxy groups -OCH3 is 1. The number of ether oxygens (including phenoxy) is 3. The quantitative estimate of drug-likeness (QED) is 0.476. The smallest absolute Gasteiger partial charge is 0.422 e. The topological polar surface area (TPSA) is 74.0 Å². The minimum Gasteiger partial charge on any atom is -0.493 e. The van der Waals surface area contributed by atoms with Crippen molar-refractivity contribution in [1.82, 2.24) is 4.90 Å². The Morgan fingerprint density at radius 3 is 2.46 bits per heavy atom. The minimum absolute atomic E-state index is 0.0418. The third-order valence-corrected chi connectivity index (χ3v) is 7.35. The Morgan fingerprint density at radius 2 is 1.89 bits per heavy atom. The van der Waals surface area contributed by atoms with Crippen LogP contribution in [-0.2, 0) is 16.0 Å². The van der Waals surface area contributed by atoms with E-state index in [1.807, 2.05) is 19.9 Å². The third kappa shape index (κ3) is 6.68. The largest absolute Gasteiger partial charge is 0.493 e. The van der Waals surface area contributed by atoms with Gasteiger partial charge in [-0.3, -0.25) is 4.90 Å². The Bertz CT molecular complexity index is 877. The fourth-order valence-corrected chi connectivity index (χ4v) is 5.14. The lowest BCUT2D eigenvalue weighted by Crippen LogP contribution is -2.54. The fraction of sp³-hybridized carbons (Fsp3) is 0.731. The Hall–Kier alpha value is -1.84. The van der Waals surface area contributed by atoms with Crippen molar-refractivity contribution in [2.24, 2.45) is 23.5 Å². The molecule has 6 nitrogen and oxygen atoms in total. The summed E-state index contributed by atoms with van der Waals surface area (Å²) in [5.41, 5.74) is 7.26. The zero-order valence-corrected chi connectivity index (χ0v) is 21.4. The van der Waals surface area contributed by atoms with E-state index in [-0.39, 0.29) is 30.4 Å². The van der Waals surface area contributed by atoms with Crippen LogP contribution in [0.1, 0.15) is 57.7 Å². The van der Waals surface area contributed by atoms with Gasteiger partial charge in [-0.05, 0) is 60.3 Å². The molecule has 2 aliphatic heterocycles. The zero-order chi connectivity index (χ0) is 26.0. The van der Waals surface area contributed by atoms with Crippen molar-refractivity contribution >= 4 is 6.29 Å². The number of nitrogens with zero attached hydrogens (tertiary/aromatic N) is 1. The molecule has 1 fully saturated rings. The van der Waals surface area contributed by atoms with Crippen LogP contribution in [0.5, 0.6) is 11.5 Å². The number of benzene rings is 1. The van der Waals surface area contributed by atoms with E-state index in [2.05, 4.69) is 18.7 Å². The molecule has 35 heavy (non-hydrogen) atoms. The van der Waals surface area contributed by atoms with Gasteiger partial charge in [0.25, 0.3) is 0 Å². The summed E-state index contributed by atoms with van der Waals surface area (Å²) < 4.78 is 55.0. The lowest BCUT2D eigenvalue weighted by atomic mass is 9.78. The molecule has 0 aromatic heterocycles. The van der Waals surface area contributed by atoms with Crippen LogP contribution >= 0.6 is 0 Å². The van der Waals surface area contributed by atoms with Gasteiger partial charge in [0.1, 0.15) is 6.29 Å². The van der Waals surface area contributed by atoms with Gasteiger partial charge >= 0.3 is 6.18 Å². The van der Waals surface area contributed by atoms with E-state index >= 15 is 0 Å². The van der Waals surface area contributed by atoms with Gasteiger partial charge in [-0.15, -0.1) is 0 Å². The number of aldehydes is 1. The molecule has 2 heterocycles. The van der Waals surface area contributed by atoms with Gasteiger partial charge in [-0.1, -0.05) is 27.7 Å². The van der Waals surface area contributed by atoms with Crippen LogP contribution in [0.2, 0.25) is 0 Å². The molecule has 0 spiro atoms. The highest BCUT2D eigenvalue weighted by atomic mass is 19.4. The fourth-order valence-electron chi connectivity index (χ4n) is 5.14. The van der Waals surface area contributed by atoms with Crippen molar-refractivity contribution in [2.75, 3.05) is 33.4 Å². The number of fused-ring (bicyclic) bond motifs is 3. The second-order valence-electron chi connectivity index (χ2n) is 10.7. The van der Waals surface area contributed by atoms with E-state index in [9.17, 15) is 18.0 Å². The maximum atomic E-state index is 12.7. The average Bonchev–Trinajstić information content (AvgIpc) is 2.79. The molecule has 2 N–H and O–H groups in total. The van der Waals surface area contributed by atoms with Crippen molar-refractivity contribution < 1.29 is 32.2 Å². The predicted octanol–water partition coefficient (Wildman–Crippen LogP) is 4.54. The summed E-state index contributed by atoms with van der Waals surface area (Å²) in [6.45, 7) is 8.65. The molecule has 0 aliphatic carbocycles. The molecule has 2 aliphatic rings. The van der Waals surface area contributed by atoms with E-state index < -0.39 is 18.3 Å². The Balaban J connectivity index is 1.86. The summed E-state index contributed by atoms with van der Waals surface area (Å²) in [4.78, 5) is 14.1. The summed E-state index contributed by atoms with van der Waals surface area (Å²) in [5.74, 6) is 1.13. The SMILES string of the molecule is COc1cc2c(cc1OCC(F)(F)F)CCN1CC(CC(C)C)C(OC[C@](N)(C=O)C(C)C)CC21. The molecule has 9 heteroatoms. The molecule has 4 atom stereocenters. The maximum absolute atomic E-state index is 12.7. The van der Waals surface area contributed by atoms with Crippen LogP contribution in [0.4, 0.5) is 13.2 Å². The monoisotopic (exact) mass is 500 g/mol. The van der Waals surface area contributed by atoms with Crippen LogP contribution < -0.4 is 15.2 Å². The second kappa shape index (κ2) is 11.0. The van der Waals surface area contributed by atoms with Gasteiger partial charge in [0, 0.05) is 19.1 Å². The van der Waals surface area contributed by atoms with Gasteiger partial charge in [0.15, 0.2) is 18.1 Å². The molecule has 1 aromatic carbocycles. The molecule has 198 valence electrons. The summed E-state index contributed by atoms with van der Waals surface area (Å²) in [5, 5.41) is 0. The van der Waals surface area contributed by atoms with Crippen LogP contribution in [0, 0.1) is 17.8 Å². The van der Waals surface area contributed by atoms with E-state index in [1.54, 1.807) is 6.07 Å². The molecular formula is C26H39F3N2O4. The standard InChI is InChI=1S/C26H39F3N2O4/c1-16(2)8-19-12-31-7-6-18-9-24(35-15-26(27,28)29)23(33-5)10-20(18)21(31)11-22(19)34-14-25(30,13-32)17(3)4/h9-10,13,16-17,19,21-22H,6-8,11-12,14-15,30H2,1-5H3/t19?,21?,22?,25-/m1/s1. The number of hydrogen-bond donors (Lipinski definition) is 1. The highest BCUT2D eigenvalue weighted by Gasteiger charge is 2.41. The first-order valence-electron chi connectivity index (χ1n) is 12.4. The highest BCUT2D eigenvalue weighted by Crippen LogP contribution is 2.44. The third-order valence-electron chi connectivity index (χ3n) is 7.35. The van der Waals surface area contributed by atoms with Crippen LogP contribution in [0.25, 0.3) is 0 Å². The lowest BCUT2D eigenvalue weighted by Gasteiger charge is -2.48. The summed E-state index contributed by atoms with van der Waals surface area (Å²) in [7, 11) is 1.43. The number of alkyl halides is 3. The molecule has 0 saturated carbocycles. The molecule has 1 aromatic rings. The Morgan fingerprint density at radius 1 is 1.17 bits per heavy atom. The van der Waals surface area contributed by atoms with E-state index in [4.69, 9.17) is 19.9 Å². The lowest BCUT2D eigenvalue weighted by molar-refractivity contribution is -0.153. The van der Waals surface area contributed by atoms with Gasteiger partial charge in [-0.25, -0.2) is 0 Å². The highest BCUT2D eigenvalue weighted by molar-refractivity contribution is 5.64. The summed E-state index contributed by atoms with van der Waals surface area (Å²) in [6.07, 6.45) is -1.29. The predicted molar refractivity (Wildman–Crippen MR) is 128 cm³/mol. The van der Waals surface area contributed by atoms with Crippen LogP contribution in [0.3, 0.4) is 0 Å². The van der Waals surface area contributed by atoms with Crippen molar-refractivity contribution in [3.63, 3.8) is 0 Å². The first kappa shape index (κ1) is 27.7. The number of carbonyl (C=O) groups is 1. The van der Waals surface area contributed by atoms with Gasteiger partial charge < -0.3 is 24.7 Å². The average molecular weight is 501 g/mol. The molecular weight excluding hydrogens is 461 g/mol. The molecule has 3 rings (SSSR count). The molecule has 1 saturated heterocycles. The van der Waals surface area contributed by atoms with Crippen LogP contribution in [-0.4, -0.2) is 62.4 Å². The first-order valence-corrected chi connectivity index (χ1v) is 12.4. The number of carbonyl (C=O) groups excluding carboxylic acids is 1. The van der Waals surface area contributed by atoms with Crippen molar-refractivity contribution in [2.45, 2.75) is 70.8 Å². The number of rotatable bonds is 10. The number of nitrogens with two attached hydrogens (primary N) is 1. The number of hydrogen-bond acceptors (Lipinski definition) is 6. The molecule has 3 unspecified atom stereocenters. The molecule has 0 amide bonds. The minimum atomic E-state index is -4.42. The molecule has 0 radical (unpaired) electrons. The van der Waals surface area contributed by atoms with E-state index in [0.717, 1.165) is 43.3 Å². The van der Waals surface area contributed by atoms with E-state index in [1.165, 1.54) is 7.11 Å². The van der Waals surface area contributed by atoms with E-state index in [0.29, 0.717) is 24.0 Å². The zero-order valence-electron chi connectivity index (χ0n) is 21.4.